The normalized spacial score (nSPS) is 10.9. The van der Waals surface area contributed by atoms with E-state index in [-0.39, 0.29) is 5.75 Å². The predicted octanol–water partition coefficient (Wildman–Crippen LogP) is 4.99. The van der Waals surface area contributed by atoms with Gasteiger partial charge in [0.15, 0.2) is 0 Å². The molecule has 142 valence electrons. The van der Waals surface area contributed by atoms with Gasteiger partial charge in [-0.05, 0) is 35.9 Å². The van der Waals surface area contributed by atoms with Gasteiger partial charge in [0, 0.05) is 18.2 Å². The van der Waals surface area contributed by atoms with E-state index in [0.29, 0.717) is 5.95 Å². The van der Waals surface area contributed by atoms with E-state index in [1.54, 1.807) is 35.5 Å². The van der Waals surface area contributed by atoms with Crippen LogP contribution in [-0.4, -0.2) is 28.3 Å². The summed E-state index contributed by atoms with van der Waals surface area (Å²) in [5, 5.41) is 15.5. The van der Waals surface area contributed by atoms with Gasteiger partial charge in [0.25, 0.3) is 0 Å². The third kappa shape index (κ3) is 4.47. The minimum Gasteiger partial charge on any atom is -0.508 e. The first-order chi connectivity index (χ1) is 14.2. The maximum atomic E-state index is 9.41. The van der Waals surface area contributed by atoms with Crippen LogP contribution in [0.15, 0.2) is 96.1 Å². The Hall–Kier alpha value is -3.99. The van der Waals surface area contributed by atoms with Crippen LogP contribution in [0.1, 0.15) is 5.56 Å². The minimum absolute atomic E-state index is 0.224. The van der Waals surface area contributed by atoms with Crippen molar-refractivity contribution in [2.45, 2.75) is 0 Å². The molecule has 4 aromatic rings. The highest BCUT2D eigenvalue weighted by atomic mass is 16.3. The smallest absolute Gasteiger partial charge is 0.247 e. The van der Waals surface area contributed by atoms with Gasteiger partial charge in [-0.1, -0.05) is 60.7 Å². The zero-order chi connectivity index (χ0) is 20.1. The van der Waals surface area contributed by atoms with Gasteiger partial charge in [0.1, 0.15) is 5.75 Å². The number of hydrogen-bond donors (Lipinski definition) is 1. The number of phenolic OH excluding ortho intramolecular Hbond substituents is 1. The molecule has 0 saturated carbocycles. The zero-order valence-electron chi connectivity index (χ0n) is 16.0. The first-order valence-corrected chi connectivity index (χ1v) is 9.26. The summed E-state index contributed by atoms with van der Waals surface area (Å²) < 4.78 is 0. The number of hydrogen-bond acceptors (Lipinski definition) is 5. The van der Waals surface area contributed by atoms with Crippen molar-refractivity contribution in [2.75, 3.05) is 12.1 Å². The Morgan fingerprint density at radius 1 is 0.759 bits per heavy atom. The van der Waals surface area contributed by atoms with Crippen molar-refractivity contribution in [3.8, 4) is 28.3 Å². The molecule has 0 amide bonds. The number of nitrogens with zero attached hydrogens (tertiary/aromatic N) is 4. The van der Waals surface area contributed by atoms with Crippen LogP contribution in [0, 0.1) is 0 Å². The van der Waals surface area contributed by atoms with Crippen LogP contribution in [0.2, 0.25) is 0 Å². The number of aromatic nitrogens is 2. The van der Waals surface area contributed by atoms with Gasteiger partial charge in [0.05, 0.1) is 17.6 Å². The third-order valence-corrected chi connectivity index (χ3v) is 4.42. The van der Waals surface area contributed by atoms with Gasteiger partial charge >= 0.3 is 0 Å². The van der Waals surface area contributed by atoms with Crippen LogP contribution in [-0.2, 0) is 0 Å². The molecular weight excluding hydrogens is 360 g/mol. The van der Waals surface area contributed by atoms with E-state index >= 15 is 0 Å². The van der Waals surface area contributed by atoms with Crippen molar-refractivity contribution in [1.82, 2.24) is 9.97 Å². The Morgan fingerprint density at radius 2 is 1.28 bits per heavy atom. The van der Waals surface area contributed by atoms with Gasteiger partial charge in [-0.2, -0.15) is 5.10 Å². The lowest BCUT2D eigenvalue weighted by molar-refractivity contribution is 0.475. The largest absolute Gasteiger partial charge is 0.508 e. The summed E-state index contributed by atoms with van der Waals surface area (Å²) in [6.07, 6.45) is 1.71. The Bertz CT molecular complexity index is 1050. The fourth-order valence-electron chi connectivity index (χ4n) is 2.86. The molecule has 0 atom stereocenters. The van der Waals surface area contributed by atoms with Gasteiger partial charge in [-0.3, -0.25) is 0 Å². The summed E-state index contributed by atoms with van der Waals surface area (Å²) in [4.78, 5) is 9.43. The van der Waals surface area contributed by atoms with Crippen LogP contribution in [0.5, 0.6) is 5.75 Å². The summed E-state index contributed by atoms with van der Waals surface area (Å²) in [5.74, 6) is 0.724. The molecule has 0 spiro atoms. The molecule has 4 rings (SSSR count). The number of anilines is 1. The van der Waals surface area contributed by atoms with Crippen molar-refractivity contribution in [3.63, 3.8) is 0 Å². The lowest BCUT2D eigenvalue weighted by Gasteiger charge is -2.14. The van der Waals surface area contributed by atoms with Crippen molar-refractivity contribution in [2.24, 2.45) is 5.10 Å². The molecule has 0 aliphatic rings. The van der Waals surface area contributed by atoms with E-state index in [2.05, 4.69) is 5.10 Å². The Kier molecular flexibility index (Phi) is 5.29. The lowest BCUT2D eigenvalue weighted by Crippen LogP contribution is -2.13. The third-order valence-electron chi connectivity index (χ3n) is 4.42. The number of hydrazone groups is 1. The molecule has 0 aliphatic heterocycles. The van der Waals surface area contributed by atoms with Gasteiger partial charge in [0.2, 0.25) is 5.95 Å². The fraction of sp³-hybridized carbons (Fsp3) is 0.0417. The summed E-state index contributed by atoms with van der Waals surface area (Å²) in [7, 11) is 1.82. The molecule has 1 aromatic heterocycles. The quantitative estimate of drug-likeness (QED) is 0.391. The Morgan fingerprint density at radius 3 is 1.79 bits per heavy atom. The molecule has 0 saturated heterocycles. The highest BCUT2D eigenvalue weighted by Crippen LogP contribution is 2.26. The van der Waals surface area contributed by atoms with E-state index in [1.165, 1.54) is 0 Å². The second-order valence-corrected chi connectivity index (χ2v) is 6.53. The number of rotatable bonds is 5. The number of phenols is 1. The topological polar surface area (TPSA) is 61.6 Å². The molecule has 3 aromatic carbocycles. The van der Waals surface area contributed by atoms with Crippen LogP contribution in [0.25, 0.3) is 22.5 Å². The SMILES string of the molecule is CN(/N=C\c1ccc(O)cc1)c1nc(-c2ccccc2)cc(-c2ccccc2)n1. The summed E-state index contributed by atoms with van der Waals surface area (Å²) in [6, 6.07) is 28.9. The molecular formula is C24H20N4O. The van der Waals surface area contributed by atoms with E-state index in [4.69, 9.17) is 9.97 Å². The van der Waals surface area contributed by atoms with Gasteiger partial charge < -0.3 is 5.11 Å². The summed E-state index contributed by atoms with van der Waals surface area (Å²) >= 11 is 0. The predicted molar refractivity (Wildman–Crippen MR) is 117 cm³/mol. The van der Waals surface area contributed by atoms with Crippen molar-refractivity contribution in [1.29, 1.82) is 0 Å². The van der Waals surface area contributed by atoms with Crippen LogP contribution in [0.3, 0.4) is 0 Å². The minimum atomic E-state index is 0.224. The molecule has 5 heteroatoms. The van der Waals surface area contributed by atoms with Crippen molar-refractivity contribution < 1.29 is 5.11 Å². The second kappa shape index (κ2) is 8.35. The first-order valence-electron chi connectivity index (χ1n) is 9.26. The summed E-state index contributed by atoms with van der Waals surface area (Å²) in [6.45, 7) is 0. The van der Waals surface area contributed by atoms with E-state index in [1.807, 2.05) is 73.8 Å². The molecule has 29 heavy (non-hydrogen) atoms. The Labute approximate surface area is 169 Å². The molecule has 0 radical (unpaired) electrons. The van der Waals surface area contributed by atoms with Gasteiger partial charge in [-0.15, -0.1) is 0 Å². The monoisotopic (exact) mass is 380 g/mol. The van der Waals surface area contributed by atoms with Crippen LogP contribution < -0.4 is 5.01 Å². The average Bonchev–Trinajstić information content (AvgIpc) is 2.79. The van der Waals surface area contributed by atoms with E-state index in [0.717, 1.165) is 28.1 Å². The van der Waals surface area contributed by atoms with Crippen molar-refractivity contribution in [3.05, 3.63) is 96.6 Å². The lowest BCUT2D eigenvalue weighted by atomic mass is 10.1. The van der Waals surface area contributed by atoms with Crippen LogP contribution >= 0.6 is 0 Å². The highest BCUT2D eigenvalue weighted by Gasteiger charge is 2.11. The highest BCUT2D eigenvalue weighted by molar-refractivity contribution is 5.80. The molecule has 1 heterocycles. The molecule has 5 nitrogen and oxygen atoms in total. The Balaban J connectivity index is 1.72. The summed E-state index contributed by atoms with van der Waals surface area (Å²) in [5.41, 5.74) is 4.58. The van der Waals surface area contributed by atoms with Crippen molar-refractivity contribution >= 4 is 12.2 Å². The molecule has 0 bridgehead atoms. The first kappa shape index (κ1) is 18.4. The fourth-order valence-corrected chi connectivity index (χ4v) is 2.86. The molecule has 0 aliphatic carbocycles. The van der Waals surface area contributed by atoms with E-state index < -0.39 is 0 Å². The van der Waals surface area contributed by atoms with Crippen LogP contribution in [0.4, 0.5) is 5.95 Å². The molecule has 0 fully saturated rings. The maximum absolute atomic E-state index is 9.41. The molecule has 0 unspecified atom stereocenters. The maximum Gasteiger partial charge on any atom is 0.247 e. The standard InChI is InChI=1S/C24H20N4O/c1-28(25-17-18-12-14-21(29)15-13-18)24-26-22(19-8-4-2-5-9-19)16-23(27-24)20-10-6-3-7-11-20/h2-17,29H,1H3/b25-17-. The molecule has 1 N–H and O–H groups in total. The average molecular weight is 380 g/mol. The second-order valence-electron chi connectivity index (χ2n) is 6.53. The zero-order valence-corrected chi connectivity index (χ0v) is 16.0. The number of benzene rings is 3. The number of aromatic hydroxyl groups is 1. The van der Waals surface area contributed by atoms with Gasteiger partial charge in [-0.25, -0.2) is 15.0 Å². The van der Waals surface area contributed by atoms with E-state index in [9.17, 15) is 5.11 Å².